The first-order valence-corrected chi connectivity index (χ1v) is 7.68. The van der Waals surface area contributed by atoms with Gasteiger partial charge < -0.3 is 0 Å². The molecule has 2 aromatic carbocycles. The van der Waals surface area contributed by atoms with Gasteiger partial charge in [0.15, 0.2) is 5.69 Å². The van der Waals surface area contributed by atoms with Crippen molar-refractivity contribution < 1.29 is 4.39 Å². The van der Waals surface area contributed by atoms with Crippen LogP contribution >= 0.6 is 0 Å². The first kappa shape index (κ1) is 15.0. The highest BCUT2D eigenvalue weighted by molar-refractivity contribution is 5.57. The van der Waals surface area contributed by atoms with Gasteiger partial charge in [-0.2, -0.15) is 10.2 Å². The van der Waals surface area contributed by atoms with Gasteiger partial charge in [0.25, 0.3) is 0 Å². The Morgan fingerprint density at radius 3 is 2.48 bits per heavy atom. The van der Waals surface area contributed by atoms with E-state index >= 15 is 0 Å². The number of hydrogen-bond donors (Lipinski definition) is 0. The lowest BCUT2D eigenvalue weighted by Gasteiger charge is -2.09. The Bertz CT molecular complexity index is 1090. The summed E-state index contributed by atoms with van der Waals surface area (Å²) in [6.07, 6.45) is 3.13. The van der Waals surface area contributed by atoms with Gasteiger partial charge in [0, 0.05) is 12.3 Å². The molecule has 0 aliphatic rings. The fourth-order valence-corrected chi connectivity index (χ4v) is 2.61. The summed E-state index contributed by atoms with van der Waals surface area (Å²) in [5.41, 5.74) is 1.94. The van der Waals surface area contributed by atoms with Crippen molar-refractivity contribution in [3.8, 4) is 22.8 Å². The van der Waals surface area contributed by atoms with Crippen LogP contribution in [0.4, 0.5) is 4.39 Å². The highest BCUT2D eigenvalue weighted by atomic mass is 19.1. The molecule has 4 aromatic rings. The van der Waals surface area contributed by atoms with Crippen molar-refractivity contribution in [1.29, 1.82) is 0 Å². The quantitative estimate of drug-likeness (QED) is 0.579. The minimum Gasteiger partial charge on any atom is -0.287 e. The van der Waals surface area contributed by atoms with Gasteiger partial charge in [0.1, 0.15) is 5.82 Å². The Morgan fingerprint density at radius 2 is 1.68 bits per heavy atom. The van der Waals surface area contributed by atoms with Gasteiger partial charge in [-0.3, -0.25) is 4.79 Å². The zero-order valence-electron chi connectivity index (χ0n) is 13.1. The second kappa shape index (κ2) is 6.16. The van der Waals surface area contributed by atoms with E-state index < -0.39 is 0 Å². The number of nitrogens with zero attached hydrogens (tertiary/aromatic N) is 4. The normalized spacial score (nSPS) is 10.8. The maximum Gasteiger partial charge on any atom is 0.209 e. The standard InChI is InChI=1S/C19H13FN4O/c20-14-5-4-8-16(13-14)23-12-10-18(25)19(22-23)17-9-11-21-24(17)15-6-2-1-3-7-15/h1-13H. The van der Waals surface area contributed by atoms with E-state index in [1.807, 2.05) is 30.3 Å². The van der Waals surface area contributed by atoms with Crippen molar-refractivity contribution in [3.63, 3.8) is 0 Å². The summed E-state index contributed by atoms with van der Waals surface area (Å²) in [5, 5.41) is 8.68. The number of rotatable bonds is 3. The van der Waals surface area contributed by atoms with Crippen LogP contribution in [-0.4, -0.2) is 19.6 Å². The maximum atomic E-state index is 13.5. The predicted molar refractivity (Wildman–Crippen MR) is 92.3 cm³/mol. The van der Waals surface area contributed by atoms with Crippen molar-refractivity contribution in [1.82, 2.24) is 19.6 Å². The number of benzene rings is 2. The Morgan fingerprint density at radius 1 is 0.880 bits per heavy atom. The molecule has 2 aromatic heterocycles. The minimum absolute atomic E-state index is 0.231. The zero-order chi connectivity index (χ0) is 17.2. The largest absolute Gasteiger partial charge is 0.287 e. The number of aromatic nitrogens is 4. The van der Waals surface area contributed by atoms with E-state index in [1.54, 1.807) is 29.1 Å². The maximum absolute atomic E-state index is 13.5. The Labute approximate surface area is 142 Å². The van der Waals surface area contributed by atoms with Crippen LogP contribution in [0, 0.1) is 5.82 Å². The molecule has 0 fully saturated rings. The Hall–Kier alpha value is -3.54. The molecule has 0 bridgehead atoms. The van der Waals surface area contributed by atoms with Crippen molar-refractivity contribution >= 4 is 0 Å². The van der Waals surface area contributed by atoms with Crippen molar-refractivity contribution in [2.75, 3.05) is 0 Å². The van der Waals surface area contributed by atoms with Crippen LogP contribution in [0.1, 0.15) is 0 Å². The molecule has 4 rings (SSSR count). The topological polar surface area (TPSA) is 52.7 Å². The highest BCUT2D eigenvalue weighted by Gasteiger charge is 2.13. The van der Waals surface area contributed by atoms with Crippen LogP contribution in [0.15, 0.2) is 83.9 Å². The van der Waals surface area contributed by atoms with Crippen LogP contribution in [0.25, 0.3) is 22.8 Å². The van der Waals surface area contributed by atoms with Crippen molar-refractivity contribution in [2.45, 2.75) is 0 Å². The summed E-state index contributed by atoms with van der Waals surface area (Å²) in [4.78, 5) is 12.4. The van der Waals surface area contributed by atoms with Crippen molar-refractivity contribution in [2.24, 2.45) is 0 Å². The van der Waals surface area contributed by atoms with E-state index in [-0.39, 0.29) is 16.9 Å². The summed E-state index contributed by atoms with van der Waals surface area (Å²) >= 11 is 0. The van der Waals surface area contributed by atoms with Gasteiger partial charge in [-0.1, -0.05) is 24.3 Å². The monoisotopic (exact) mass is 332 g/mol. The Balaban J connectivity index is 1.86. The third-order valence-electron chi connectivity index (χ3n) is 3.77. The third kappa shape index (κ3) is 2.85. The van der Waals surface area contributed by atoms with E-state index in [1.165, 1.54) is 29.1 Å². The molecular formula is C19H13FN4O. The van der Waals surface area contributed by atoms with Crippen LogP contribution in [0.3, 0.4) is 0 Å². The molecular weight excluding hydrogens is 319 g/mol. The molecule has 0 saturated carbocycles. The molecule has 0 amide bonds. The van der Waals surface area contributed by atoms with Crippen LogP contribution in [0.5, 0.6) is 0 Å². The summed E-state index contributed by atoms with van der Waals surface area (Å²) in [7, 11) is 0. The summed E-state index contributed by atoms with van der Waals surface area (Å²) in [6, 6.07) is 18.7. The van der Waals surface area contributed by atoms with Gasteiger partial charge in [-0.25, -0.2) is 13.8 Å². The molecule has 25 heavy (non-hydrogen) atoms. The molecule has 0 atom stereocenters. The van der Waals surface area contributed by atoms with E-state index in [4.69, 9.17) is 0 Å². The van der Waals surface area contributed by atoms with E-state index in [2.05, 4.69) is 10.2 Å². The molecule has 122 valence electrons. The second-order valence-electron chi connectivity index (χ2n) is 5.42. The van der Waals surface area contributed by atoms with Gasteiger partial charge >= 0.3 is 0 Å². The average molecular weight is 332 g/mol. The van der Waals surface area contributed by atoms with Gasteiger partial charge in [0.2, 0.25) is 5.43 Å². The third-order valence-corrected chi connectivity index (χ3v) is 3.77. The first-order chi connectivity index (χ1) is 12.2. The van der Waals surface area contributed by atoms with Crippen molar-refractivity contribution in [3.05, 3.63) is 95.2 Å². The number of hydrogen-bond acceptors (Lipinski definition) is 3. The van der Waals surface area contributed by atoms with Crippen LogP contribution in [0.2, 0.25) is 0 Å². The average Bonchev–Trinajstić information content (AvgIpc) is 3.12. The first-order valence-electron chi connectivity index (χ1n) is 7.68. The SMILES string of the molecule is O=c1ccn(-c2cccc(F)c2)nc1-c1ccnn1-c1ccccc1. The summed E-state index contributed by atoms with van der Waals surface area (Å²) in [5.74, 6) is -0.367. The lowest BCUT2D eigenvalue weighted by atomic mass is 10.2. The fourth-order valence-electron chi connectivity index (χ4n) is 2.61. The lowest BCUT2D eigenvalue weighted by molar-refractivity contribution is 0.625. The molecule has 0 aliphatic heterocycles. The molecule has 0 saturated heterocycles. The Kier molecular flexibility index (Phi) is 3.70. The summed E-state index contributed by atoms with van der Waals surface area (Å²) in [6.45, 7) is 0. The van der Waals surface area contributed by atoms with E-state index in [0.29, 0.717) is 11.4 Å². The van der Waals surface area contributed by atoms with Gasteiger partial charge in [0.05, 0.1) is 23.3 Å². The number of para-hydroxylation sites is 1. The molecule has 0 unspecified atom stereocenters. The van der Waals surface area contributed by atoms with Gasteiger partial charge in [-0.05, 0) is 36.4 Å². The van der Waals surface area contributed by atoms with Gasteiger partial charge in [-0.15, -0.1) is 0 Å². The molecule has 0 N–H and O–H groups in total. The number of halogens is 1. The predicted octanol–water partition coefficient (Wildman–Crippen LogP) is 3.22. The second-order valence-corrected chi connectivity index (χ2v) is 5.42. The van der Waals surface area contributed by atoms with Crippen LogP contribution in [-0.2, 0) is 0 Å². The molecule has 0 radical (unpaired) electrons. The van der Waals surface area contributed by atoms with E-state index in [0.717, 1.165) is 5.69 Å². The molecule has 2 heterocycles. The molecule has 5 nitrogen and oxygen atoms in total. The highest BCUT2D eigenvalue weighted by Crippen LogP contribution is 2.18. The smallest absolute Gasteiger partial charge is 0.209 e. The molecule has 6 heteroatoms. The lowest BCUT2D eigenvalue weighted by Crippen LogP contribution is -2.14. The summed E-state index contributed by atoms with van der Waals surface area (Å²) < 4.78 is 16.6. The minimum atomic E-state index is -0.367. The van der Waals surface area contributed by atoms with Crippen LogP contribution < -0.4 is 5.43 Å². The zero-order valence-corrected chi connectivity index (χ0v) is 13.1. The molecule has 0 aliphatic carbocycles. The molecule has 0 spiro atoms. The van der Waals surface area contributed by atoms with E-state index in [9.17, 15) is 9.18 Å². The fraction of sp³-hybridized carbons (Fsp3) is 0.